The van der Waals surface area contributed by atoms with Crippen LogP contribution in [0.5, 0.6) is 0 Å². The summed E-state index contributed by atoms with van der Waals surface area (Å²) in [5, 5.41) is 12.3. The van der Waals surface area contributed by atoms with Crippen LogP contribution in [0.25, 0.3) is 10.9 Å². The number of amides is 2. The molecule has 0 bridgehead atoms. The van der Waals surface area contributed by atoms with Gasteiger partial charge in [-0.2, -0.15) is 0 Å². The van der Waals surface area contributed by atoms with Crippen molar-refractivity contribution in [2.75, 3.05) is 13.7 Å². The van der Waals surface area contributed by atoms with Crippen LogP contribution in [0.3, 0.4) is 0 Å². The number of para-hydroxylation sites is 1. The number of rotatable bonds is 5. The number of hydrogen-bond donors (Lipinski definition) is 0. The summed E-state index contributed by atoms with van der Waals surface area (Å²) in [6.45, 7) is 9.27. The summed E-state index contributed by atoms with van der Waals surface area (Å²) in [6.07, 6.45) is -0.532. The van der Waals surface area contributed by atoms with Crippen LogP contribution in [-0.4, -0.2) is 69.4 Å². The van der Waals surface area contributed by atoms with Gasteiger partial charge in [-0.3, -0.25) is 19.5 Å². The maximum absolute atomic E-state index is 13.6. The van der Waals surface area contributed by atoms with Crippen LogP contribution in [-0.2, 0) is 23.8 Å². The molecule has 3 rings (SSSR count). The highest BCUT2D eigenvalue weighted by molar-refractivity contribution is 6.01. The molecule has 12 heteroatoms. The standard InChI is InChI=1S/C26H33N3O9/c1-25(2,3)37-23(32)27-13-17(15-10-8-9-11-19(15)27)18(14-28(34)35)16-12-20(22(31)36-7)29(21(16)30)24(33)38-26(4,5)6/h8-11,13,16,18,20H,12,14H2,1-7H3/t16-,18?,20-/m0/s1. The predicted molar refractivity (Wildman–Crippen MR) is 135 cm³/mol. The largest absolute Gasteiger partial charge is 0.467 e. The Bertz CT molecular complexity index is 1270. The van der Waals surface area contributed by atoms with Crippen molar-refractivity contribution in [3.8, 4) is 0 Å². The molecule has 12 nitrogen and oxygen atoms in total. The molecule has 1 unspecified atom stereocenters. The first-order valence-electron chi connectivity index (χ1n) is 12.1. The lowest BCUT2D eigenvalue weighted by molar-refractivity contribution is -0.484. The highest BCUT2D eigenvalue weighted by Crippen LogP contribution is 2.41. The van der Waals surface area contributed by atoms with Crippen molar-refractivity contribution < 1.29 is 38.3 Å². The molecule has 2 amide bonds. The van der Waals surface area contributed by atoms with E-state index in [-0.39, 0.29) is 6.42 Å². The number of benzene rings is 1. The van der Waals surface area contributed by atoms with Gasteiger partial charge in [0, 0.05) is 16.5 Å². The first kappa shape index (κ1) is 28.6. The van der Waals surface area contributed by atoms with E-state index in [2.05, 4.69) is 0 Å². The minimum Gasteiger partial charge on any atom is -0.467 e. The quantitative estimate of drug-likeness (QED) is 0.241. The highest BCUT2D eigenvalue weighted by Gasteiger charge is 2.52. The molecular formula is C26H33N3O9. The lowest BCUT2D eigenvalue weighted by atomic mass is 9.83. The molecule has 0 saturated carbocycles. The van der Waals surface area contributed by atoms with E-state index in [1.54, 1.807) is 65.8 Å². The number of imide groups is 1. The van der Waals surface area contributed by atoms with Gasteiger partial charge < -0.3 is 14.2 Å². The van der Waals surface area contributed by atoms with Gasteiger partial charge in [0.05, 0.1) is 24.5 Å². The molecule has 38 heavy (non-hydrogen) atoms. The maximum Gasteiger partial charge on any atom is 0.419 e. The van der Waals surface area contributed by atoms with E-state index >= 15 is 0 Å². The Hall–Kier alpha value is -3.96. The Labute approximate surface area is 219 Å². The van der Waals surface area contributed by atoms with E-state index in [1.807, 2.05) is 0 Å². The number of methoxy groups -OCH3 is 1. The summed E-state index contributed by atoms with van der Waals surface area (Å²) in [4.78, 5) is 64.0. The Kier molecular flexibility index (Phi) is 7.85. The summed E-state index contributed by atoms with van der Waals surface area (Å²) < 4.78 is 16.9. The summed E-state index contributed by atoms with van der Waals surface area (Å²) in [6, 6.07) is 5.43. The van der Waals surface area contributed by atoms with Gasteiger partial charge in [0.2, 0.25) is 12.5 Å². The van der Waals surface area contributed by atoms with Gasteiger partial charge in [0.1, 0.15) is 17.2 Å². The van der Waals surface area contributed by atoms with Crippen LogP contribution < -0.4 is 0 Å². The molecule has 1 aromatic heterocycles. The smallest absolute Gasteiger partial charge is 0.419 e. The highest BCUT2D eigenvalue weighted by atomic mass is 16.6. The van der Waals surface area contributed by atoms with Crippen molar-refractivity contribution in [3.05, 3.63) is 46.1 Å². The molecular weight excluding hydrogens is 498 g/mol. The number of nitrogens with zero attached hydrogens (tertiary/aromatic N) is 3. The van der Waals surface area contributed by atoms with E-state index < -0.39 is 64.6 Å². The fraction of sp³-hybridized carbons (Fsp3) is 0.538. The number of nitro groups is 1. The lowest BCUT2D eigenvalue weighted by Gasteiger charge is -2.26. The molecule has 0 N–H and O–H groups in total. The molecule has 3 atom stereocenters. The third-order valence-electron chi connectivity index (χ3n) is 5.97. The molecule has 0 radical (unpaired) electrons. The zero-order chi connectivity index (χ0) is 28.6. The summed E-state index contributed by atoms with van der Waals surface area (Å²) in [5.41, 5.74) is -0.983. The molecule has 0 aliphatic carbocycles. The Balaban J connectivity index is 2.13. The van der Waals surface area contributed by atoms with E-state index in [9.17, 15) is 29.3 Å². The monoisotopic (exact) mass is 531 g/mol. The van der Waals surface area contributed by atoms with Crippen LogP contribution >= 0.6 is 0 Å². The Morgan fingerprint density at radius 2 is 1.63 bits per heavy atom. The third kappa shape index (κ3) is 6.12. The van der Waals surface area contributed by atoms with Gasteiger partial charge in [-0.25, -0.2) is 19.3 Å². The van der Waals surface area contributed by atoms with E-state index in [4.69, 9.17) is 14.2 Å². The van der Waals surface area contributed by atoms with Crippen LogP contribution in [0.2, 0.25) is 0 Å². The SMILES string of the molecule is COC(=O)[C@@H]1C[C@@H](C(C[N+](=O)[O-])c2cn(C(=O)OC(C)(C)C)c3ccccc23)C(=O)N1C(=O)OC(C)(C)C. The molecule has 1 aliphatic rings. The second kappa shape index (κ2) is 10.4. The molecule has 1 aromatic carbocycles. The molecule has 1 aliphatic heterocycles. The second-order valence-corrected chi connectivity index (χ2v) is 11.1. The van der Waals surface area contributed by atoms with Crippen molar-refractivity contribution in [1.82, 2.24) is 9.47 Å². The Morgan fingerprint density at radius 3 is 2.18 bits per heavy atom. The van der Waals surface area contributed by atoms with Crippen molar-refractivity contribution in [2.24, 2.45) is 5.92 Å². The van der Waals surface area contributed by atoms with E-state index in [0.29, 0.717) is 21.4 Å². The average Bonchev–Trinajstić information content (AvgIpc) is 3.33. The summed E-state index contributed by atoms with van der Waals surface area (Å²) in [7, 11) is 1.12. The predicted octanol–water partition coefficient (Wildman–Crippen LogP) is 4.11. The van der Waals surface area contributed by atoms with Crippen molar-refractivity contribution in [2.45, 2.75) is 71.1 Å². The average molecular weight is 532 g/mol. The van der Waals surface area contributed by atoms with Crippen molar-refractivity contribution >= 4 is 35.0 Å². The molecule has 0 spiro atoms. The van der Waals surface area contributed by atoms with Gasteiger partial charge in [-0.15, -0.1) is 0 Å². The second-order valence-electron chi connectivity index (χ2n) is 11.1. The number of likely N-dealkylation sites (tertiary alicyclic amines) is 1. The molecule has 2 aromatic rings. The van der Waals surface area contributed by atoms with Crippen LogP contribution in [0.15, 0.2) is 30.5 Å². The zero-order valence-electron chi connectivity index (χ0n) is 22.5. The van der Waals surface area contributed by atoms with Crippen LogP contribution in [0.4, 0.5) is 9.59 Å². The van der Waals surface area contributed by atoms with Gasteiger partial charge in [-0.1, -0.05) is 18.2 Å². The number of esters is 1. The van der Waals surface area contributed by atoms with Crippen LogP contribution in [0, 0.1) is 16.0 Å². The first-order valence-corrected chi connectivity index (χ1v) is 12.1. The summed E-state index contributed by atoms with van der Waals surface area (Å²) >= 11 is 0. The fourth-order valence-corrected chi connectivity index (χ4v) is 4.55. The lowest BCUT2D eigenvalue weighted by Crippen LogP contribution is -2.46. The van der Waals surface area contributed by atoms with Gasteiger partial charge >= 0.3 is 18.2 Å². The van der Waals surface area contributed by atoms with Crippen molar-refractivity contribution in [1.29, 1.82) is 0 Å². The van der Waals surface area contributed by atoms with E-state index in [0.717, 1.165) is 7.11 Å². The fourth-order valence-electron chi connectivity index (χ4n) is 4.55. The third-order valence-corrected chi connectivity index (χ3v) is 5.97. The van der Waals surface area contributed by atoms with E-state index in [1.165, 1.54) is 10.8 Å². The number of hydrogen-bond acceptors (Lipinski definition) is 9. The topological polar surface area (TPSA) is 147 Å². The number of fused-ring (bicyclic) bond motifs is 1. The first-order chi connectivity index (χ1) is 17.5. The molecule has 1 saturated heterocycles. The number of ether oxygens (including phenoxy) is 3. The molecule has 2 heterocycles. The minimum absolute atomic E-state index is 0.213. The normalized spacial score (nSPS) is 18.8. The number of carbonyl (C=O) groups is 4. The van der Waals surface area contributed by atoms with Crippen molar-refractivity contribution in [3.63, 3.8) is 0 Å². The number of carbonyl (C=O) groups excluding carboxylic acids is 4. The van der Waals surface area contributed by atoms with Gasteiger partial charge in [-0.05, 0) is 59.6 Å². The zero-order valence-corrected chi connectivity index (χ0v) is 22.5. The van der Waals surface area contributed by atoms with Crippen LogP contribution in [0.1, 0.15) is 59.4 Å². The molecule has 1 fully saturated rings. The van der Waals surface area contributed by atoms with Gasteiger partial charge in [0.25, 0.3) is 0 Å². The number of aromatic nitrogens is 1. The Morgan fingerprint density at radius 1 is 1.05 bits per heavy atom. The minimum atomic E-state index is -1.32. The maximum atomic E-state index is 13.6. The molecule has 206 valence electrons. The van der Waals surface area contributed by atoms with Gasteiger partial charge in [0.15, 0.2) is 0 Å². The summed E-state index contributed by atoms with van der Waals surface area (Å²) in [5.74, 6) is -3.86.